The number of carbonyl (C=O) groups excluding carboxylic acids is 1. The quantitative estimate of drug-likeness (QED) is 0.814. The predicted octanol–water partition coefficient (Wildman–Crippen LogP) is 2.60. The molecule has 1 fully saturated rings. The maximum atomic E-state index is 11.9. The Hall–Kier alpha value is -1.62. The fourth-order valence-corrected chi connectivity index (χ4v) is 2.60. The molecule has 0 saturated heterocycles. The molecule has 1 aromatic rings. The summed E-state index contributed by atoms with van der Waals surface area (Å²) in [6, 6.07) is 1.92. The van der Waals surface area contributed by atoms with Crippen molar-refractivity contribution in [2.75, 3.05) is 7.05 Å². The van der Waals surface area contributed by atoms with E-state index in [9.17, 15) is 9.59 Å². The van der Waals surface area contributed by atoms with Gasteiger partial charge < -0.3 is 10.0 Å². The van der Waals surface area contributed by atoms with Crippen molar-refractivity contribution in [2.45, 2.75) is 25.8 Å². The van der Waals surface area contributed by atoms with Crippen LogP contribution in [-0.4, -0.2) is 28.9 Å². The van der Waals surface area contributed by atoms with Gasteiger partial charge in [0.15, 0.2) is 0 Å². The highest BCUT2D eigenvalue weighted by atomic mass is 32.1. The summed E-state index contributed by atoms with van der Waals surface area (Å²) in [4.78, 5) is 24.9. The average Bonchev–Trinajstić information content (AvgIpc) is 3.05. The lowest BCUT2D eigenvalue weighted by atomic mass is 10.2. The van der Waals surface area contributed by atoms with Gasteiger partial charge in [0.2, 0.25) is 5.91 Å². The van der Waals surface area contributed by atoms with Gasteiger partial charge in [-0.1, -0.05) is 0 Å². The Kier molecular flexibility index (Phi) is 4.37. The fraction of sp³-hybridized carbons (Fsp3) is 0.429. The summed E-state index contributed by atoms with van der Waals surface area (Å²) >= 11 is 1.48. The minimum absolute atomic E-state index is 0.191. The zero-order chi connectivity index (χ0) is 13.8. The van der Waals surface area contributed by atoms with Crippen LogP contribution in [-0.2, 0) is 16.1 Å². The van der Waals surface area contributed by atoms with Crippen molar-refractivity contribution < 1.29 is 14.7 Å². The first kappa shape index (κ1) is 13.8. The molecular formula is C14H17NO3S. The van der Waals surface area contributed by atoms with E-state index in [1.807, 2.05) is 18.5 Å². The molecule has 5 heteroatoms. The van der Waals surface area contributed by atoms with Crippen molar-refractivity contribution in [1.82, 2.24) is 4.90 Å². The second kappa shape index (κ2) is 6.02. The number of hydrogen-bond donors (Lipinski definition) is 1. The van der Waals surface area contributed by atoms with Crippen LogP contribution in [0.1, 0.15) is 29.7 Å². The molecular weight excluding hydrogens is 262 g/mol. The maximum Gasteiger partial charge on any atom is 0.328 e. The Labute approximate surface area is 116 Å². The monoisotopic (exact) mass is 279 g/mol. The van der Waals surface area contributed by atoms with Crippen LogP contribution in [0.4, 0.5) is 0 Å². The molecule has 0 spiro atoms. The normalized spacial score (nSPS) is 14.8. The number of carbonyl (C=O) groups is 2. The van der Waals surface area contributed by atoms with Crippen molar-refractivity contribution in [3.05, 3.63) is 28.0 Å². The number of carboxylic acid groups (broad SMARTS) is 1. The van der Waals surface area contributed by atoms with Crippen LogP contribution in [0.25, 0.3) is 6.08 Å². The molecule has 1 saturated carbocycles. The number of nitrogens with zero attached hydrogens (tertiary/aromatic N) is 1. The van der Waals surface area contributed by atoms with Gasteiger partial charge in [0.1, 0.15) is 0 Å². The van der Waals surface area contributed by atoms with E-state index < -0.39 is 5.97 Å². The van der Waals surface area contributed by atoms with E-state index in [2.05, 4.69) is 0 Å². The molecule has 0 aliphatic heterocycles. The summed E-state index contributed by atoms with van der Waals surface area (Å²) in [7, 11) is 1.81. The van der Waals surface area contributed by atoms with Crippen LogP contribution in [0.15, 0.2) is 17.5 Å². The van der Waals surface area contributed by atoms with Crippen LogP contribution in [0.2, 0.25) is 0 Å². The second-order valence-electron chi connectivity index (χ2n) is 4.93. The van der Waals surface area contributed by atoms with Crippen molar-refractivity contribution >= 4 is 29.3 Å². The van der Waals surface area contributed by atoms with Gasteiger partial charge in [0.05, 0.1) is 0 Å². The van der Waals surface area contributed by atoms with Gasteiger partial charge in [-0.05, 0) is 41.8 Å². The number of thiophene rings is 1. The van der Waals surface area contributed by atoms with Crippen LogP contribution in [0.3, 0.4) is 0 Å². The highest BCUT2D eigenvalue weighted by Gasteiger charge is 2.25. The zero-order valence-electron chi connectivity index (χ0n) is 10.8. The third-order valence-electron chi connectivity index (χ3n) is 3.07. The highest BCUT2D eigenvalue weighted by molar-refractivity contribution is 7.11. The molecule has 4 nitrogen and oxygen atoms in total. The minimum atomic E-state index is -0.952. The Balaban J connectivity index is 1.87. The lowest BCUT2D eigenvalue weighted by molar-refractivity contribution is -0.132. The topological polar surface area (TPSA) is 57.6 Å². The van der Waals surface area contributed by atoms with E-state index >= 15 is 0 Å². The smallest absolute Gasteiger partial charge is 0.328 e. The first-order chi connectivity index (χ1) is 9.04. The molecule has 0 radical (unpaired) electrons. The number of rotatable bonds is 6. The van der Waals surface area contributed by atoms with Crippen molar-refractivity contribution in [2.24, 2.45) is 5.92 Å². The first-order valence-electron chi connectivity index (χ1n) is 6.27. The lowest BCUT2D eigenvalue weighted by Gasteiger charge is -2.16. The van der Waals surface area contributed by atoms with Gasteiger partial charge in [-0.15, -0.1) is 11.3 Å². The van der Waals surface area contributed by atoms with Crippen LogP contribution < -0.4 is 0 Å². The molecule has 1 aliphatic rings. The molecule has 1 heterocycles. The number of amides is 1. The first-order valence-corrected chi connectivity index (χ1v) is 7.15. The van der Waals surface area contributed by atoms with Gasteiger partial charge in [-0.2, -0.15) is 0 Å². The predicted molar refractivity (Wildman–Crippen MR) is 74.8 cm³/mol. The molecule has 0 atom stereocenters. The molecule has 2 rings (SSSR count). The van der Waals surface area contributed by atoms with Gasteiger partial charge in [0.25, 0.3) is 0 Å². The van der Waals surface area contributed by atoms with E-state index in [1.165, 1.54) is 24.2 Å². The molecule has 1 aliphatic carbocycles. The van der Waals surface area contributed by atoms with Crippen LogP contribution >= 0.6 is 11.3 Å². The van der Waals surface area contributed by atoms with E-state index in [0.29, 0.717) is 18.9 Å². The van der Waals surface area contributed by atoms with Crippen molar-refractivity contribution in [3.63, 3.8) is 0 Å². The molecule has 19 heavy (non-hydrogen) atoms. The van der Waals surface area contributed by atoms with Gasteiger partial charge in [0, 0.05) is 31.0 Å². The fourth-order valence-electron chi connectivity index (χ4n) is 1.81. The molecule has 1 aromatic heterocycles. The van der Waals surface area contributed by atoms with E-state index in [1.54, 1.807) is 11.0 Å². The molecule has 1 amide bonds. The molecule has 102 valence electrons. The Bertz CT molecular complexity index is 503. The molecule has 1 N–H and O–H groups in total. The van der Waals surface area contributed by atoms with Gasteiger partial charge in [-0.25, -0.2) is 4.79 Å². The summed E-state index contributed by atoms with van der Waals surface area (Å²) in [5, 5.41) is 10.5. The largest absolute Gasteiger partial charge is 0.478 e. The highest BCUT2D eigenvalue weighted by Crippen LogP contribution is 2.32. The minimum Gasteiger partial charge on any atom is -0.478 e. The molecule has 0 aromatic carbocycles. The summed E-state index contributed by atoms with van der Waals surface area (Å²) in [5.74, 6) is -0.158. The zero-order valence-corrected chi connectivity index (χ0v) is 11.7. The Morgan fingerprint density at radius 3 is 2.89 bits per heavy atom. The number of carboxylic acids is 1. The summed E-state index contributed by atoms with van der Waals surface area (Å²) in [5.41, 5.74) is 1.04. The SMILES string of the molecule is CN(Cc1csc(C=CC(=O)O)c1)C(=O)CC1CC1. The number of aliphatic carboxylic acids is 1. The van der Waals surface area contributed by atoms with Gasteiger partial charge >= 0.3 is 5.97 Å². The third-order valence-corrected chi connectivity index (χ3v) is 4.02. The molecule has 0 unspecified atom stereocenters. The summed E-state index contributed by atoms with van der Waals surface area (Å²) in [6.07, 6.45) is 5.72. The molecule has 0 bridgehead atoms. The number of hydrogen-bond acceptors (Lipinski definition) is 3. The summed E-state index contributed by atoms with van der Waals surface area (Å²) < 4.78 is 0. The van der Waals surface area contributed by atoms with E-state index in [4.69, 9.17) is 5.11 Å². The van der Waals surface area contributed by atoms with Crippen LogP contribution in [0, 0.1) is 5.92 Å². The van der Waals surface area contributed by atoms with Crippen molar-refractivity contribution in [3.8, 4) is 0 Å². The second-order valence-corrected chi connectivity index (χ2v) is 5.87. The van der Waals surface area contributed by atoms with E-state index in [-0.39, 0.29) is 5.91 Å². The lowest BCUT2D eigenvalue weighted by Crippen LogP contribution is -2.26. The van der Waals surface area contributed by atoms with Gasteiger partial charge in [-0.3, -0.25) is 4.79 Å². The van der Waals surface area contributed by atoms with E-state index in [0.717, 1.165) is 16.5 Å². The standard InChI is InChI=1S/C14H17NO3S/c1-15(13(16)7-10-2-3-10)8-11-6-12(19-9-11)4-5-14(17)18/h4-6,9-10H,2-3,7-8H2,1H3,(H,17,18). The average molecular weight is 279 g/mol. The Morgan fingerprint density at radius 1 is 1.53 bits per heavy atom. The van der Waals surface area contributed by atoms with Crippen LogP contribution in [0.5, 0.6) is 0 Å². The Morgan fingerprint density at radius 2 is 2.26 bits per heavy atom. The third kappa shape index (κ3) is 4.52. The van der Waals surface area contributed by atoms with Crippen molar-refractivity contribution in [1.29, 1.82) is 0 Å². The summed E-state index contributed by atoms with van der Waals surface area (Å²) in [6.45, 7) is 0.586. The maximum absolute atomic E-state index is 11.9.